The number of nitrogens with zero attached hydrogens (tertiary/aromatic N) is 5. The van der Waals surface area contributed by atoms with Gasteiger partial charge in [-0.1, -0.05) is 0 Å². The molecule has 0 saturated carbocycles. The second-order valence-electron chi connectivity index (χ2n) is 5.25. The van der Waals surface area contributed by atoms with Crippen molar-refractivity contribution in [1.29, 1.82) is 0 Å². The number of methoxy groups -OCH3 is 1. The lowest BCUT2D eigenvalue weighted by Gasteiger charge is -2.31. The normalized spacial score (nSPS) is 16.2. The molecule has 1 aliphatic rings. The predicted molar refractivity (Wildman–Crippen MR) is 80.0 cm³/mol. The van der Waals surface area contributed by atoms with Gasteiger partial charge in [0.1, 0.15) is 5.52 Å². The van der Waals surface area contributed by atoms with E-state index in [1.165, 1.54) is 11.7 Å². The number of carbonyl (C=O) groups is 1. The molecule has 0 unspecified atom stereocenters. The van der Waals surface area contributed by atoms with Crippen molar-refractivity contribution in [1.82, 2.24) is 24.0 Å². The highest BCUT2D eigenvalue weighted by Crippen LogP contribution is 2.25. The van der Waals surface area contributed by atoms with Crippen molar-refractivity contribution in [3.63, 3.8) is 0 Å². The van der Waals surface area contributed by atoms with Crippen LogP contribution in [0.5, 0.6) is 0 Å². The maximum absolute atomic E-state index is 12.5. The monoisotopic (exact) mass is 325 g/mol. The molecule has 2 aromatic heterocycles. The van der Waals surface area contributed by atoms with Crippen LogP contribution >= 0.6 is 11.6 Å². The van der Waals surface area contributed by atoms with E-state index in [0.29, 0.717) is 37.1 Å². The number of hydrogen-bond acceptors (Lipinski definition) is 5. The van der Waals surface area contributed by atoms with Crippen molar-refractivity contribution in [2.24, 2.45) is 7.05 Å². The van der Waals surface area contributed by atoms with Crippen LogP contribution in [0.4, 0.5) is 4.79 Å². The van der Waals surface area contributed by atoms with Gasteiger partial charge in [0.15, 0.2) is 5.65 Å². The van der Waals surface area contributed by atoms with E-state index < -0.39 is 0 Å². The molecule has 3 rings (SSSR count). The van der Waals surface area contributed by atoms with E-state index in [1.54, 1.807) is 22.7 Å². The number of piperidine rings is 1. The first-order valence-electron chi connectivity index (χ1n) is 6.95. The fraction of sp³-hybridized carbons (Fsp3) is 0.538. The topological polar surface area (TPSA) is 82.2 Å². The first kappa shape index (κ1) is 14.8. The van der Waals surface area contributed by atoms with E-state index in [0.717, 1.165) is 0 Å². The molecule has 9 heteroatoms. The highest BCUT2D eigenvalue weighted by Gasteiger charge is 2.27. The summed E-state index contributed by atoms with van der Waals surface area (Å²) >= 11 is 5.86. The molecule has 8 nitrogen and oxygen atoms in total. The van der Waals surface area contributed by atoms with Gasteiger partial charge in [0.25, 0.3) is 0 Å². The van der Waals surface area contributed by atoms with E-state index in [2.05, 4.69) is 9.97 Å². The Balaban J connectivity index is 1.95. The number of hydrogen-bond donors (Lipinski definition) is 0. The zero-order chi connectivity index (χ0) is 15.9. The van der Waals surface area contributed by atoms with Gasteiger partial charge in [-0.05, 0) is 24.4 Å². The standard InChI is InChI=1S/C13H16ClN5O3/c1-17-9-7-15-11(14)16-10(9)19(12(17)20)8-3-5-18(6-4-8)13(21)22-2/h7-8H,3-6H2,1-2H3. The maximum Gasteiger partial charge on any atom is 0.409 e. The molecule has 0 spiro atoms. The van der Waals surface area contributed by atoms with Gasteiger partial charge in [0, 0.05) is 26.2 Å². The first-order chi connectivity index (χ1) is 10.5. The quantitative estimate of drug-likeness (QED) is 0.735. The Morgan fingerprint density at radius 2 is 2.09 bits per heavy atom. The van der Waals surface area contributed by atoms with Crippen LogP contribution in [0.15, 0.2) is 11.0 Å². The van der Waals surface area contributed by atoms with Crippen molar-refractivity contribution in [3.8, 4) is 0 Å². The molecule has 2 aromatic rings. The van der Waals surface area contributed by atoms with Crippen LogP contribution in [0.1, 0.15) is 18.9 Å². The summed E-state index contributed by atoms with van der Waals surface area (Å²) in [6.45, 7) is 1.08. The summed E-state index contributed by atoms with van der Waals surface area (Å²) in [6, 6.07) is -0.0249. The highest BCUT2D eigenvalue weighted by molar-refractivity contribution is 6.28. The van der Waals surface area contributed by atoms with Crippen LogP contribution < -0.4 is 5.69 Å². The summed E-state index contributed by atoms with van der Waals surface area (Å²) in [4.78, 5) is 33.8. The molecule has 0 aromatic carbocycles. The average Bonchev–Trinajstić information content (AvgIpc) is 2.78. The Bertz CT molecular complexity index is 776. The minimum Gasteiger partial charge on any atom is -0.453 e. The summed E-state index contributed by atoms with van der Waals surface area (Å²) in [7, 11) is 3.05. The molecule has 0 radical (unpaired) electrons. The van der Waals surface area contributed by atoms with Crippen LogP contribution in [0, 0.1) is 0 Å². The van der Waals surface area contributed by atoms with Crippen LogP contribution in [0.2, 0.25) is 5.28 Å². The number of likely N-dealkylation sites (tertiary alicyclic amines) is 1. The Kier molecular flexibility index (Phi) is 3.78. The molecule has 0 aliphatic carbocycles. The van der Waals surface area contributed by atoms with Crippen molar-refractivity contribution < 1.29 is 9.53 Å². The largest absolute Gasteiger partial charge is 0.453 e. The number of aromatic nitrogens is 4. The molecule has 1 amide bonds. The lowest BCUT2D eigenvalue weighted by molar-refractivity contribution is 0.107. The molecular formula is C13H16ClN5O3. The van der Waals surface area contributed by atoms with Gasteiger partial charge in [-0.15, -0.1) is 0 Å². The Morgan fingerprint density at radius 3 is 2.73 bits per heavy atom. The van der Waals surface area contributed by atoms with Crippen LogP contribution in [-0.2, 0) is 11.8 Å². The summed E-state index contributed by atoms with van der Waals surface area (Å²) in [5.74, 6) is 0. The van der Waals surface area contributed by atoms with E-state index >= 15 is 0 Å². The van der Waals surface area contributed by atoms with Gasteiger partial charge >= 0.3 is 11.8 Å². The van der Waals surface area contributed by atoms with Crippen molar-refractivity contribution in [2.45, 2.75) is 18.9 Å². The number of rotatable bonds is 1. The molecule has 3 heterocycles. The molecular weight excluding hydrogens is 310 g/mol. The fourth-order valence-corrected chi connectivity index (χ4v) is 3.01. The Labute approximate surface area is 131 Å². The molecule has 1 fully saturated rings. The third-order valence-electron chi connectivity index (χ3n) is 4.07. The molecule has 1 saturated heterocycles. The number of aryl methyl sites for hydroxylation is 1. The third kappa shape index (κ3) is 2.33. The van der Waals surface area contributed by atoms with Crippen molar-refractivity contribution in [3.05, 3.63) is 22.0 Å². The SMILES string of the molecule is COC(=O)N1CCC(n2c(=O)n(C)c3cnc(Cl)nc32)CC1. The summed E-state index contributed by atoms with van der Waals surface area (Å²) in [5.41, 5.74) is 1.02. The number of ether oxygens (including phenoxy) is 1. The minimum atomic E-state index is -0.339. The van der Waals surface area contributed by atoms with E-state index in [1.807, 2.05) is 0 Å². The van der Waals surface area contributed by atoms with Gasteiger partial charge in [-0.3, -0.25) is 9.13 Å². The number of fused-ring (bicyclic) bond motifs is 1. The van der Waals surface area contributed by atoms with Gasteiger partial charge < -0.3 is 9.64 Å². The molecule has 0 bridgehead atoms. The van der Waals surface area contributed by atoms with Crippen molar-refractivity contribution in [2.75, 3.05) is 20.2 Å². The van der Waals surface area contributed by atoms with Gasteiger partial charge in [-0.2, -0.15) is 4.98 Å². The third-order valence-corrected chi connectivity index (χ3v) is 4.25. The molecule has 0 N–H and O–H groups in total. The van der Waals surface area contributed by atoms with E-state index in [4.69, 9.17) is 16.3 Å². The average molecular weight is 326 g/mol. The Morgan fingerprint density at radius 1 is 1.41 bits per heavy atom. The number of imidazole rings is 1. The molecule has 22 heavy (non-hydrogen) atoms. The van der Waals surface area contributed by atoms with Crippen LogP contribution in [-0.4, -0.2) is 50.3 Å². The van der Waals surface area contributed by atoms with E-state index in [9.17, 15) is 9.59 Å². The van der Waals surface area contributed by atoms with Gasteiger partial charge in [-0.25, -0.2) is 14.6 Å². The van der Waals surface area contributed by atoms with E-state index in [-0.39, 0.29) is 23.1 Å². The number of amides is 1. The maximum atomic E-state index is 12.5. The number of halogens is 1. The summed E-state index contributed by atoms with van der Waals surface area (Å²) in [6.07, 6.45) is 2.53. The second-order valence-corrected chi connectivity index (χ2v) is 5.59. The number of carbonyl (C=O) groups excluding carboxylic acids is 1. The first-order valence-corrected chi connectivity index (χ1v) is 7.33. The van der Waals surface area contributed by atoms with Crippen LogP contribution in [0.25, 0.3) is 11.2 Å². The molecule has 0 atom stereocenters. The fourth-order valence-electron chi connectivity index (χ4n) is 2.88. The smallest absolute Gasteiger partial charge is 0.409 e. The predicted octanol–water partition coefficient (Wildman–Crippen LogP) is 1.19. The summed E-state index contributed by atoms with van der Waals surface area (Å²) < 4.78 is 7.88. The Hall–Kier alpha value is -2.09. The van der Waals surface area contributed by atoms with Crippen molar-refractivity contribution >= 4 is 28.9 Å². The minimum absolute atomic E-state index is 0.0249. The summed E-state index contributed by atoms with van der Waals surface area (Å²) in [5, 5.41) is 0.110. The van der Waals surface area contributed by atoms with Gasteiger partial charge in [0.05, 0.1) is 13.3 Å². The lowest BCUT2D eigenvalue weighted by Crippen LogP contribution is -2.40. The zero-order valence-electron chi connectivity index (χ0n) is 12.3. The van der Waals surface area contributed by atoms with Gasteiger partial charge in [0.2, 0.25) is 5.28 Å². The molecule has 118 valence electrons. The highest BCUT2D eigenvalue weighted by atomic mass is 35.5. The van der Waals surface area contributed by atoms with Crippen LogP contribution in [0.3, 0.4) is 0 Å². The lowest BCUT2D eigenvalue weighted by atomic mass is 10.1. The zero-order valence-corrected chi connectivity index (χ0v) is 13.1. The molecule has 1 aliphatic heterocycles. The second kappa shape index (κ2) is 5.60.